The maximum absolute atomic E-state index is 15.0. The number of pyridine rings is 1. The number of carbonyl (C=O) groups is 2. The average Bonchev–Trinajstić information content (AvgIpc) is 3.22. The molecule has 2 atom stereocenters. The van der Waals surface area contributed by atoms with Crippen LogP contribution in [0.2, 0.25) is 0 Å². The Morgan fingerprint density at radius 3 is 2.37 bits per heavy atom. The number of β-amino-alcohol motifs (C(OH)–C–C–N with tert-alkyl or cyclic N) is 1. The number of piperidine rings is 1. The summed E-state index contributed by atoms with van der Waals surface area (Å²) in [5, 5.41) is 10.00. The van der Waals surface area contributed by atoms with E-state index in [2.05, 4.69) is 4.98 Å². The molecular formula is C29H36F4N4O4. The summed E-state index contributed by atoms with van der Waals surface area (Å²) in [6.45, 7) is 5.28. The van der Waals surface area contributed by atoms with Crippen LogP contribution >= 0.6 is 0 Å². The second-order valence-electron chi connectivity index (χ2n) is 11.9. The highest BCUT2D eigenvalue weighted by molar-refractivity contribution is 5.99. The maximum atomic E-state index is 15.0. The highest BCUT2D eigenvalue weighted by atomic mass is 19.4. The van der Waals surface area contributed by atoms with Crippen LogP contribution in [-0.4, -0.2) is 82.3 Å². The lowest BCUT2D eigenvalue weighted by Gasteiger charge is -2.38. The fraction of sp³-hybridized carbons (Fsp3) is 0.552. The fourth-order valence-electron chi connectivity index (χ4n) is 5.40. The van der Waals surface area contributed by atoms with Gasteiger partial charge in [-0.2, -0.15) is 13.2 Å². The number of halogens is 4. The van der Waals surface area contributed by atoms with Crippen molar-refractivity contribution in [2.24, 2.45) is 17.1 Å². The van der Waals surface area contributed by atoms with Gasteiger partial charge in [-0.15, -0.1) is 0 Å². The van der Waals surface area contributed by atoms with Crippen molar-refractivity contribution in [1.29, 1.82) is 0 Å². The number of nitrogens with zero attached hydrogens (tertiary/aromatic N) is 3. The lowest BCUT2D eigenvalue weighted by atomic mass is 9.89. The summed E-state index contributed by atoms with van der Waals surface area (Å²) in [6, 6.07) is 7.45. The molecule has 224 valence electrons. The third-order valence-electron chi connectivity index (χ3n) is 8.23. The zero-order valence-electron chi connectivity index (χ0n) is 23.4. The molecule has 4 rings (SSSR count). The molecule has 0 bridgehead atoms. The molecule has 0 unspecified atom stereocenters. The minimum Gasteiger partial charge on any atom is -0.477 e. The van der Waals surface area contributed by atoms with Crippen molar-refractivity contribution >= 4 is 11.8 Å². The lowest BCUT2D eigenvalue weighted by molar-refractivity contribution is -0.217. The van der Waals surface area contributed by atoms with Crippen molar-refractivity contribution < 1.29 is 37.0 Å². The Morgan fingerprint density at radius 2 is 1.80 bits per heavy atom. The number of aliphatic hydroxyl groups excluding tert-OH is 1. The van der Waals surface area contributed by atoms with Crippen molar-refractivity contribution in [1.82, 2.24) is 14.8 Å². The molecular weight excluding hydrogens is 544 g/mol. The summed E-state index contributed by atoms with van der Waals surface area (Å²) in [7, 11) is 0. The van der Waals surface area contributed by atoms with Gasteiger partial charge in [0, 0.05) is 37.3 Å². The zero-order valence-corrected chi connectivity index (χ0v) is 23.4. The summed E-state index contributed by atoms with van der Waals surface area (Å²) in [6.07, 6.45) is -2.23. The Labute approximate surface area is 236 Å². The number of nitrogens with two attached hydrogens (primary N) is 1. The first kappa shape index (κ1) is 30.7. The Kier molecular flexibility index (Phi) is 8.65. The molecule has 0 aliphatic carbocycles. The number of hydrogen-bond acceptors (Lipinski definition) is 6. The van der Waals surface area contributed by atoms with Gasteiger partial charge in [-0.3, -0.25) is 9.59 Å². The molecule has 2 aromatic rings. The lowest BCUT2D eigenvalue weighted by Crippen LogP contribution is -2.54. The first-order chi connectivity index (χ1) is 19.1. The Bertz CT molecular complexity index is 1260. The van der Waals surface area contributed by atoms with Gasteiger partial charge in [0.05, 0.1) is 23.7 Å². The standard InChI is InChI=1S/C29H36F4N4O4/c1-27(2,29(31,32)33)17-36-10-8-18(9-11-36)16-41-24-7-5-20(14-35-24)19-4-6-22(23(30)12-19)25(39)37-15-21(38)13-28(37,3)26(34)40/h4-7,12,14,18,21,38H,8-11,13,15-17H2,1-3H3,(H2,34,40)/t21-,28+/m1/s1. The Morgan fingerprint density at radius 1 is 1.15 bits per heavy atom. The molecule has 2 amide bonds. The molecule has 0 radical (unpaired) electrons. The van der Waals surface area contributed by atoms with Crippen molar-refractivity contribution in [3.8, 4) is 17.0 Å². The third-order valence-corrected chi connectivity index (χ3v) is 8.23. The molecule has 2 saturated heterocycles. The summed E-state index contributed by atoms with van der Waals surface area (Å²) < 4.78 is 60.4. The van der Waals surface area contributed by atoms with E-state index >= 15 is 4.39 Å². The van der Waals surface area contributed by atoms with Crippen LogP contribution in [0.1, 0.15) is 50.4 Å². The number of aromatic nitrogens is 1. The van der Waals surface area contributed by atoms with Crippen LogP contribution in [0, 0.1) is 17.2 Å². The number of primary amides is 1. The van der Waals surface area contributed by atoms with Gasteiger partial charge in [0.15, 0.2) is 0 Å². The van der Waals surface area contributed by atoms with E-state index in [0.717, 1.165) is 17.7 Å². The van der Waals surface area contributed by atoms with Gasteiger partial charge in [0.2, 0.25) is 11.8 Å². The molecule has 1 aromatic carbocycles. The Balaban J connectivity index is 1.32. The second-order valence-corrected chi connectivity index (χ2v) is 11.9. The van der Waals surface area contributed by atoms with Gasteiger partial charge in [-0.1, -0.05) is 6.07 Å². The minimum atomic E-state index is -4.25. The number of hydrogen-bond donors (Lipinski definition) is 2. The minimum absolute atomic E-state index is 0.0205. The van der Waals surface area contributed by atoms with Gasteiger partial charge in [0.1, 0.15) is 11.4 Å². The van der Waals surface area contributed by atoms with Crippen LogP contribution in [0.5, 0.6) is 5.88 Å². The van der Waals surface area contributed by atoms with E-state index < -0.39 is 40.9 Å². The quantitative estimate of drug-likeness (QED) is 0.457. The number of likely N-dealkylation sites (tertiary alicyclic amines) is 2. The number of amides is 2. The van der Waals surface area contributed by atoms with E-state index in [4.69, 9.17) is 10.5 Å². The molecule has 41 heavy (non-hydrogen) atoms. The first-order valence-corrected chi connectivity index (χ1v) is 13.6. The molecule has 1 aromatic heterocycles. The average molecular weight is 581 g/mol. The zero-order chi connectivity index (χ0) is 30.2. The highest BCUT2D eigenvalue weighted by Gasteiger charge is 2.49. The van der Waals surface area contributed by atoms with Crippen LogP contribution in [0.25, 0.3) is 11.1 Å². The predicted octanol–water partition coefficient (Wildman–Crippen LogP) is 4.02. The molecule has 12 heteroatoms. The molecule has 0 spiro atoms. The maximum Gasteiger partial charge on any atom is 0.395 e. The number of rotatable bonds is 8. The predicted molar refractivity (Wildman–Crippen MR) is 143 cm³/mol. The molecule has 3 heterocycles. The van der Waals surface area contributed by atoms with Gasteiger partial charge in [-0.25, -0.2) is 9.37 Å². The summed E-state index contributed by atoms with van der Waals surface area (Å²) in [5.74, 6) is -1.72. The van der Waals surface area contributed by atoms with E-state index in [0.29, 0.717) is 36.7 Å². The SMILES string of the molecule is CC(C)(CN1CCC(COc2ccc(-c3ccc(C(=O)N4C[C@H](O)C[C@@]4(C)C(N)=O)c(F)c3)cn2)CC1)C(F)(F)F. The van der Waals surface area contributed by atoms with E-state index in [1.807, 2.05) is 4.90 Å². The monoisotopic (exact) mass is 580 g/mol. The van der Waals surface area contributed by atoms with Crippen LogP contribution in [-0.2, 0) is 4.79 Å². The van der Waals surface area contributed by atoms with Gasteiger partial charge in [-0.05, 0) is 76.4 Å². The van der Waals surface area contributed by atoms with E-state index in [1.165, 1.54) is 39.1 Å². The van der Waals surface area contributed by atoms with Crippen LogP contribution in [0.4, 0.5) is 17.6 Å². The van der Waals surface area contributed by atoms with Crippen LogP contribution in [0.3, 0.4) is 0 Å². The number of carbonyl (C=O) groups excluding carboxylic acids is 2. The highest BCUT2D eigenvalue weighted by Crippen LogP contribution is 2.39. The van der Waals surface area contributed by atoms with Gasteiger partial charge in [0.25, 0.3) is 5.91 Å². The van der Waals surface area contributed by atoms with Crippen molar-refractivity contribution in [3.63, 3.8) is 0 Å². The largest absolute Gasteiger partial charge is 0.477 e. The number of ether oxygens (including phenoxy) is 1. The summed E-state index contributed by atoms with van der Waals surface area (Å²) >= 11 is 0. The van der Waals surface area contributed by atoms with Crippen molar-refractivity contribution in [2.45, 2.75) is 57.9 Å². The molecule has 0 saturated carbocycles. The molecule has 3 N–H and O–H groups in total. The van der Waals surface area contributed by atoms with Gasteiger partial charge >= 0.3 is 6.18 Å². The normalized spacial score (nSPS) is 22.6. The topological polar surface area (TPSA) is 109 Å². The third kappa shape index (κ3) is 6.64. The number of alkyl halides is 3. The molecule has 2 aliphatic rings. The Hall–Kier alpha value is -3.25. The van der Waals surface area contributed by atoms with Crippen LogP contribution in [0.15, 0.2) is 36.5 Å². The first-order valence-electron chi connectivity index (χ1n) is 13.6. The number of benzene rings is 1. The number of aliphatic hydroxyl groups is 1. The van der Waals surface area contributed by atoms with Crippen LogP contribution < -0.4 is 10.5 Å². The van der Waals surface area contributed by atoms with E-state index in [-0.39, 0.29) is 31.0 Å². The molecule has 8 nitrogen and oxygen atoms in total. The van der Waals surface area contributed by atoms with Crippen molar-refractivity contribution in [2.75, 3.05) is 32.8 Å². The summed E-state index contributed by atoms with van der Waals surface area (Å²) in [5.41, 5.74) is 3.12. The smallest absolute Gasteiger partial charge is 0.395 e. The fourth-order valence-corrected chi connectivity index (χ4v) is 5.40. The van der Waals surface area contributed by atoms with E-state index in [1.54, 1.807) is 18.2 Å². The van der Waals surface area contributed by atoms with Gasteiger partial charge < -0.3 is 25.4 Å². The summed E-state index contributed by atoms with van der Waals surface area (Å²) in [4.78, 5) is 32.2. The van der Waals surface area contributed by atoms with Crippen molar-refractivity contribution in [3.05, 3.63) is 47.9 Å². The molecule has 2 aliphatic heterocycles. The molecule has 2 fully saturated rings. The van der Waals surface area contributed by atoms with E-state index in [9.17, 15) is 27.9 Å². The second kappa shape index (κ2) is 11.6.